The molecule has 0 bridgehead atoms. The number of esters is 1. The molecule has 0 aliphatic rings. The molecular weight excluding hydrogens is 287 g/mol. The van der Waals surface area contributed by atoms with Crippen molar-refractivity contribution in [1.82, 2.24) is 0 Å². The number of aliphatic hydroxyl groups is 2. The van der Waals surface area contributed by atoms with Crippen LogP contribution in [0.4, 0.5) is 4.39 Å². The van der Waals surface area contributed by atoms with Crippen molar-refractivity contribution in [3.05, 3.63) is 71.5 Å². The average molecular weight is 306 g/mol. The van der Waals surface area contributed by atoms with E-state index in [0.29, 0.717) is 17.5 Å². The van der Waals surface area contributed by atoms with Crippen molar-refractivity contribution in [3.8, 4) is 0 Å². The topological polar surface area (TPSA) is 66.8 Å². The number of carbonyl (C=O) groups is 1. The quantitative estimate of drug-likeness (QED) is 0.673. The average Bonchev–Trinajstić information content (AvgIpc) is 2.55. The van der Waals surface area contributed by atoms with Crippen molar-refractivity contribution >= 4 is 5.97 Å². The molecule has 2 aromatic rings. The maximum atomic E-state index is 13.0. The number of aryl methyl sites for hydroxylation is 1. The lowest BCUT2D eigenvalue weighted by molar-refractivity contribution is -0.140. The zero-order valence-corrected chi connectivity index (χ0v) is 12.3. The van der Waals surface area contributed by atoms with Gasteiger partial charge in [-0.3, -0.25) is 4.79 Å². The van der Waals surface area contributed by atoms with Gasteiger partial charge in [0.05, 0.1) is 7.11 Å². The Kier molecular flexibility index (Phi) is 7.81. The van der Waals surface area contributed by atoms with Crippen LogP contribution in [0.25, 0.3) is 0 Å². The summed E-state index contributed by atoms with van der Waals surface area (Å²) in [5.74, 6) is -0.588. The van der Waals surface area contributed by atoms with Crippen LogP contribution in [0.15, 0.2) is 54.6 Å². The van der Waals surface area contributed by atoms with Gasteiger partial charge < -0.3 is 14.9 Å². The van der Waals surface area contributed by atoms with Gasteiger partial charge in [-0.1, -0.05) is 48.5 Å². The highest BCUT2D eigenvalue weighted by Crippen LogP contribution is 2.09. The Hall–Kier alpha value is -2.24. The zero-order valence-electron chi connectivity index (χ0n) is 12.3. The third-order valence-corrected chi connectivity index (χ3v) is 2.88. The van der Waals surface area contributed by atoms with Crippen molar-refractivity contribution < 1.29 is 24.1 Å². The number of ether oxygens (including phenoxy) is 1. The molecule has 2 N–H and O–H groups in total. The highest BCUT2D eigenvalue weighted by atomic mass is 19.1. The molecule has 2 aromatic carbocycles. The van der Waals surface area contributed by atoms with Gasteiger partial charge in [-0.2, -0.15) is 0 Å². The third kappa shape index (κ3) is 6.47. The first-order valence-corrected chi connectivity index (χ1v) is 6.76. The summed E-state index contributed by atoms with van der Waals surface area (Å²) in [5.41, 5.74) is 1.07. The summed E-state index contributed by atoms with van der Waals surface area (Å²) >= 11 is 0. The van der Waals surface area contributed by atoms with E-state index in [0.717, 1.165) is 0 Å². The van der Waals surface area contributed by atoms with Crippen LogP contribution in [0.3, 0.4) is 0 Å². The summed E-state index contributed by atoms with van der Waals surface area (Å²) in [6.07, 6.45) is -0.734. The molecule has 0 saturated carbocycles. The monoisotopic (exact) mass is 306 g/mol. The predicted octanol–water partition coefficient (Wildman–Crippen LogP) is 2.60. The Morgan fingerprint density at radius 3 is 2.18 bits per heavy atom. The first-order chi connectivity index (χ1) is 10.5. The Balaban J connectivity index is 0.000000235. The van der Waals surface area contributed by atoms with Gasteiger partial charge >= 0.3 is 5.97 Å². The van der Waals surface area contributed by atoms with Crippen LogP contribution in [0.2, 0.25) is 0 Å². The number of methoxy groups -OCH3 is 1. The molecule has 0 heterocycles. The minimum atomic E-state index is -1.34. The van der Waals surface area contributed by atoms with Crippen molar-refractivity contribution in [3.63, 3.8) is 0 Å². The molecule has 0 fully saturated rings. The normalized spacial score (nSPS) is 9.86. The summed E-state index contributed by atoms with van der Waals surface area (Å²) in [6.45, 7) is 0. The molecule has 0 atom stereocenters. The van der Waals surface area contributed by atoms with Crippen LogP contribution >= 0.6 is 0 Å². The molecule has 0 aromatic heterocycles. The minimum Gasteiger partial charge on any atom is -0.469 e. The van der Waals surface area contributed by atoms with Crippen LogP contribution in [-0.4, -0.2) is 23.3 Å². The fourth-order valence-corrected chi connectivity index (χ4v) is 1.67. The van der Waals surface area contributed by atoms with Crippen molar-refractivity contribution in [1.29, 1.82) is 0 Å². The maximum Gasteiger partial charge on any atom is 0.305 e. The van der Waals surface area contributed by atoms with Crippen molar-refractivity contribution in [2.75, 3.05) is 7.11 Å². The predicted molar refractivity (Wildman–Crippen MR) is 80.4 cm³/mol. The molecular formula is C17H19FO4. The van der Waals surface area contributed by atoms with Crippen molar-refractivity contribution in [2.45, 2.75) is 19.1 Å². The molecule has 2 rings (SSSR count). The SMILES string of the molecule is COC(=O)CCc1ccccc1F.OC(O)c1ccccc1. The van der Waals surface area contributed by atoms with Crippen LogP contribution in [-0.2, 0) is 16.0 Å². The number of aliphatic hydroxyl groups excluding tert-OH is 1. The molecule has 0 unspecified atom stereocenters. The fourth-order valence-electron chi connectivity index (χ4n) is 1.67. The molecule has 0 radical (unpaired) electrons. The Bertz CT molecular complexity index is 570. The fraction of sp³-hybridized carbons (Fsp3) is 0.235. The van der Waals surface area contributed by atoms with Gasteiger partial charge in [-0.25, -0.2) is 4.39 Å². The summed E-state index contributed by atoms with van der Waals surface area (Å²) in [4.78, 5) is 10.8. The lowest BCUT2D eigenvalue weighted by Crippen LogP contribution is -2.02. The second-order valence-electron chi connectivity index (χ2n) is 4.45. The first-order valence-electron chi connectivity index (χ1n) is 6.76. The molecule has 0 aliphatic carbocycles. The van der Waals surface area contributed by atoms with E-state index in [1.807, 2.05) is 6.07 Å². The van der Waals surface area contributed by atoms with Gasteiger partial charge in [-0.15, -0.1) is 0 Å². The van der Waals surface area contributed by atoms with Gasteiger partial charge in [0.1, 0.15) is 5.82 Å². The molecule has 0 aliphatic heterocycles. The van der Waals surface area contributed by atoms with Crippen LogP contribution < -0.4 is 0 Å². The van der Waals surface area contributed by atoms with Crippen LogP contribution in [0.1, 0.15) is 23.8 Å². The highest BCUT2D eigenvalue weighted by Gasteiger charge is 2.04. The van der Waals surface area contributed by atoms with Crippen LogP contribution in [0.5, 0.6) is 0 Å². The molecule has 4 nitrogen and oxygen atoms in total. The number of benzene rings is 2. The maximum absolute atomic E-state index is 13.0. The largest absolute Gasteiger partial charge is 0.469 e. The lowest BCUT2D eigenvalue weighted by Gasteiger charge is -2.01. The summed E-state index contributed by atoms with van der Waals surface area (Å²) in [5, 5.41) is 17.2. The molecule has 0 spiro atoms. The number of rotatable bonds is 4. The van der Waals surface area contributed by atoms with E-state index in [4.69, 9.17) is 10.2 Å². The molecule has 0 amide bonds. The van der Waals surface area contributed by atoms with Gasteiger partial charge in [-0.05, 0) is 18.1 Å². The van der Waals surface area contributed by atoms with E-state index in [9.17, 15) is 9.18 Å². The standard InChI is InChI=1S/C10H11FO2.C7H8O2/c1-13-10(12)7-6-8-4-2-3-5-9(8)11;8-7(9)6-4-2-1-3-5-6/h2-5H,6-7H2,1H3;1-5,7-9H. The second-order valence-corrected chi connectivity index (χ2v) is 4.45. The number of carbonyl (C=O) groups excluding carboxylic acids is 1. The Labute approximate surface area is 128 Å². The smallest absolute Gasteiger partial charge is 0.305 e. The van der Waals surface area contributed by atoms with Gasteiger partial charge in [0, 0.05) is 12.0 Å². The second kappa shape index (κ2) is 9.65. The van der Waals surface area contributed by atoms with Gasteiger partial charge in [0.15, 0.2) is 6.29 Å². The van der Waals surface area contributed by atoms with Gasteiger partial charge in [0.2, 0.25) is 0 Å². The third-order valence-electron chi connectivity index (χ3n) is 2.88. The van der Waals surface area contributed by atoms with Crippen LogP contribution in [0, 0.1) is 5.82 Å². The summed E-state index contributed by atoms with van der Waals surface area (Å²) < 4.78 is 17.4. The molecule has 5 heteroatoms. The van der Waals surface area contributed by atoms with E-state index in [-0.39, 0.29) is 18.2 Å². The highest BCUT2D eigenvalue weighted by molar-refractivity contribution is 5.69. The number of hydrogen-bond acceptors (Lipinski definition) is 4. The first kappa shape index (κ1) is 17.8. The Morgan fingerprint density at radius 2 is 1.68 bits per heavy atom. The molecule has 118 valence electrons. The van der Waals surface area contributed by atoms with E-state index in [2.05, 4.69) is 4.74 Å². The summed E-state index contributed by atoms with van der Waals surface area (Å²) in [7, 11) is 1.32. The van der Waals surface area contributed by atoms with E-state index < -0.39 is 6.29 Å². The molecule has 0 saturated heterocycles. The Morgan fingerprint density at radius 1 is 1.09 bits per heavy atom. The van der Waals surface area contributed by atoms with E-state index in [1.165, 1.54) is 13.2 Å². The van der Waals surface area contributed by atoms with E-state index in [1.54, 1.807) is 42.5 Å². The number of hydrogen-bond donors (Lipinski definition) is 2. The molecule has 22 heavy (non-hydrogen) atoms. The number of halogens is 1. The van der Waals surface area contributed by atoms with Crippen molar-refractivity contribution in [2.24, 2.45) is 0 Å². The zero-order chi connectivity index (χ0) is 16.4. The lowest BCUT2D eigenvalue weighted by atomic mass is 10.1. The van der Waals surface area contributed by atoms with Gasteiger partial charge in [0.25, 0.3) is 0 Å². The summed E-state index contributed by atoms with van der Waals surface area (Å²) in [6, 6.07) is 15.1. The van der Waals surface area contributed by atoms with E-state index >= 15 is 0 Å². The minimum absolute atomic E-state index is 0.220.